The van der Waals surface area contributed by atoms with Crippen molar-refractivity contribution in [3.63, 3.8) is 0 Å². The molecule has 0 aromatic rings. The number of aliphatic hydroxyl groups excluding tert-OH is 1. The molecule has 0 aromatic heterocycles. The molecule has 0 saturated carbocycles. The smallest absolute Gasteiger partial charge is 0.220 e. The second kappa shape index (κ2) is 7.63. The van der Waals surface area contributed by atoms with Crippen molar-refractivity contribution in [1.29, 1.82) is 0 Å². The van der Waals surface area contributed by atoms with E-state index in [4.69, 9.17) is 0 Å². The Labute approximate surface area is 104 Å². The summed E-state index contributed by atoms with van der Waals surface area (Å²) in [4.78, 5) is 13.6. The minimum Gasteiger partial charge on any atom is -0.390 e. The average molecular weight is 243 g/mol. The Morgan fingerprint density at radius 2 is 2.06 bits per heavy atom. The Morgan fingerprint density at radius 1 is 1.41 bits per heavy atom. The molecule has 5 nitrogen and oxygen atoms in total. The monoisotopic (exact) mass is 243 g/mol. The summed E-state index contributed by atoms with van der Waals surface area (Å²) < 4.78 is 0. The van der Waals surface area contributed by atoms with Crippen LogP contribution in [-0.2, 0) is 4.79 Å². The van der Waals surface area contributed by atoms with Gasteiger partial charge in [0.05, 0.1) is 6.10 Å². The van der Waals surface area contributed by atoms with Gasteiger partial charge in [-0.25, -0.2) is 0 Å². The van der Waals surface area contributed by atoms with Crippen molar-refractivity contribution < 1.29 is 9.90 Å². The van der Waals surface area contributed by atoms with Gasteiger partial charge >= 0.3 is 0 Å². The van der Waals surface area contributed by atoms with E-state index in [1.54, 1.807) is 0 Å². The number of β-amino-alcohol motifs (C(OH)–C–C–N with tert-alkyl or cyclic N) is 1. The summed E-state index contributed by atoms with van der Waals surface area (Å²) in [6.45, 7) is 8.92. The minimum atomic E-state index is -0.468. The molecule has 17 heavy (non-hydrogen) atoms. The molecule has 0 radical (unpaired) electrons. The van der Waals surface area contributed by atoms with Crippen LogP contribution in [0.2, 0.25) is 0 Å². The number of nitrogens with one attached hydrogen (secondary N) is 2. The van der Waals surface area contributed by atoms with E-state index >= 15 is 0 Å². The fourth-order valence-corrected chi connectivity index (χ4v) is 1.93. The van der Waals surface area contributed by atoms with Crippen LogP contribution >= 0.6 is 0 Å². The molecule has 3 N–H and O–H groups in total. The lowest BCUT2D eigenvalue weighted by atomic mass is 10.1. The highest BCUT2D eigenvalue weighted by molar-refractivity contribution is 5.76. The third-order valence-corrected chi connectivity index (χ3v) is 2.81. The number of carbonyl (C=O) groups is 1. The number of aliphatic hydroxyl groups is 1. The van der Waals surface area contributed by atoms with E-state index in [1.165, 1.54) is 0 Å². The number of hydrogen-bond donors (Lipinski definition) is 3. The van der Waals surface area contributed by atoms with Crippen LogP contribution in [0.1, 0.15) is 20.3 Å². The van der Waals surface area contributed by atoms with E-state index < -0.39 is 6.10 Å². The molecule has 0 spiro atoms. The van der Waals surface area contributed by atoms with Crippen LogP contribution in [-0.4, -0.2) is 61.3 Å². The highest BCUT2D eigenvalue weighted by Gasteiger charge is 2.15. The third kappa shape index (κ3) is 6.61. The molecule has 1 aliphatic heterocycles. The van der Waals surface area contributed by atoms with E-state index in [0.717, 1.165) is 26.2 Å². The van der Waals surface area contributed by atoms with E-state index in [2.05, 4.69) is 15.5 Å². The first-order valence-electron chi connectivity index (χ1n) is 6.45. The Hall–Kier alpha value is -0.650. The van der Waals surface area contributed by atoms with Gasteiger partial charge in [0.1, 0.15) is 0 Å². The zero-order valence-corrected chi connectivity index (χ0v) is 10.9. The van der Waals surface area contributed by atoms with Crippen molar-refractivity contribution in [2.45, 2.75) is 26.4 Å². The van der Waals surface area contributed by atoms with Gasteiger partial charge in [-0.15, -0.1) is 0 Å². The number of nitrogens with zero attached hydrogens (tertiary/aromatic N) is 1. The van der Waals surface area contributed by atoms with Crippen LogP contribution < -0.4 is 10.6 Å². The highest BCUT2D eigenvalue weighted by Crippen LogP contribution is 1.99. The summed E-state index contributed by atoms with van der Waals surface area (Å²) >= 11 is 0. The predicted molar refractivity (Wildman–Crippen MR) is 67.8 cm³/mol. The van der Waals surface area contributed by atoms with Crippen molar-refractivity contribution in [2.24, 2.45) is 5.92 Å². The Kier molecular flexibility index (Phi) is 6.47. The largest absolute Gasteiger partial charge is 0.390 e. The Balaban J connectivity index is 2.11. The van der Waals surface area contributed by atoms with E-state index in [9.17, 15) is 9.90 Å². The first kappa shape index (κ1) is 14.4. The van der Waals surface area contributed by atoms with Crippen molar-refractivity contribution in [2.75, 3.05) is 39.3 Å². The topological polar surface area (TPSA) is 64.6 Å². The molecule has 1 unspecified atom stereocenters. The van der Waals surface area contributed by atoms with Gasteiger partial charge in [0.25, 0.3) is 0 Å². The maximum absolute atomic E-state index is 11.4. The number of hydrogen-bond acceptors (Lipinski definition) is 4. The zero-order chi connectivity index (χ0) is 12.7. The van der Waals surface area contributed by atoms with Crippen LogP contribution in [0.15, 0.2) is 0 Å². The Morgan fingerprint density at radius 3 is 2.65 bits per heavy atom. The van der Waals surface area contributed by atoms with Crippen molar-refractivity contribution in [3.8, 4) is 0 Å². The summed E-state index contributed by atoms with van der Waals surface area (Å²) in [6, 6.07) is 0. The van der Waals surface area contributed by atoms with E-state index in [0.29, 0.717) is 25.4 Å². The van der Waals surface area contributed by atoms with Crippen molar-refractivity contribution in [3.05, 3.63) is 0 Å². The quantitative estimate of drug-likeness (QED) is 0.584. The lowest BCUT2D eigenvalue weighted by Crippen LogP contribution is -2.48. The molecule has 0 aliphatic carbocycles. The third-order valence-electron chi connectivity index (χ3n) is 2.81. The number of amides is 1. The molecule has 1 saturated heterocycles. The molecule has 1 atom stereocenters. The van der Waals surface area contributed by atoms with Crippen molar-refractivity contribution >= 4 is 5.91 Å². The molecule has 1 aliphatic rings. The van der Waals surface area contributed by atoms with Gasteiger partial charge in [-0.1, -0.05) is 13.8 Å². The van der Waals surface area contributed by atoms with E-state index in [1.807, 2.05) is 13.8 Å². The van der Waals surface area contributed by atoms with Gasteiger partial charge in [-0.2, -0.15) is 0 Å². The van der Waals surface area contributed by atoms with Crippen LogP contribution in [0, 0.1) is 5.92 Å². The molecule has 100 valence electrons. The summed E-state index contributed by atoms with van der Waals surface area (Å²) in [5, 5.41) is 15.8. The van der Waals surface area contributed by atoms with Crippen LogP contribution in [0.3, 0.4) is 0 Å². The van der Waals surface area contributed by atoms with Crippen LogP contribution in [0.25, 0.3) is 0 Å². The SMILES string of the molecule is CC(C)CC(=O)NCC(O)CN1CCNCC1. The lowest BCUT2D eigenvalue weighted by molar-refractivity contribution is -0.122. The molecule has 5 heteroatoms. The van der Waals surface area contributed by atoms with Gasteiger partial charge < -0.3 is 15.7 Å². The standard InChI is InChI=1S/C12H25N3O2/c1-10(2)7-12(17)14-8-11(16)9-15-5-3-13-4-6-15/h10-11,13,16H,3-9H2,1-2H3,(H,14,17). The minimum absolute atomic E-state index is 0.0272. The van der Waals surface area contributed by atoms with Gasteiger partial charge in [0.2, 0.25) is 5.91 Å². The molecule has 1 amide bonds. The Bertz CT molecular complexity index is 228. The van der Waals surface area contributed by atoms with Crippen molar-refractivity contribution in [1.82, 2.24) is 15.5 Å². The normalized spacial score (nSPS) is 19.3. The summed E-state index contributed by atoms with van der Waals surface area (Å²) in [7, 11) is 0. The number of carbonyl (C=O) groups excluding carboxylic acids is 1. The fourth-order valence-electron chi connectivity index (χ4n) is 1.93. The number of rotatable bonds is 6. The average Bonchev–Trinajstić information content (AvgIpc) is 2.27. The van der Waals surface area contributed by atoms with Crippen LogP contribution in [0.4, 0.5) is 0 Å². The maximum Gasteiger partial charge on any atom is 0.220 e. The first-order valence-corrected chi connectivity index (χ1v) is 6.45. The van der Waals surface area contributed by atoms with E-state index in [-0.39, 0.29) is 5.91 Å². The maximum atomic E-state index is 11.4. The number of piperazine rings is 1. The molecular formula is C12H25N3O2. The first-order chi connectivity index (χ1) is 8.08. The lowest BCUT2D eigenvalue weighted by Gasteiger charge is -2.29. The van der Waals surface area contributed by atoms with Gasteiger partial charge in [-0.05, 0) is 5.92 Å². The van der Waals surface area contributed by atoms with Gasteiger partial charge in [-0.3, -0.25) is 9.69 Å². The zero-order valence-electron chi connectivity index (χ0n) is 10.9. The molecule has 0 bridgehead atoms. The molecule has 1 fully saturated rings. The second-order valence-electron chi connectivity index (χ2n) is 5.11. The summed E-state index contributed by atoms with van der Waals surface area (Å²) in [6.07, 6.45) is 0.0598. The van der Waals surface area contributed by atoms with Gasteiger partial charge in [0.15, 0.2) is 0 Å². The molecule has 1 rings (SSSR count). The highest BCUT2D eigenvalue weighted by atomic mass is 16.3. The van der Waals surface area contributed by atoms with Crippen LogP contribution in [0.5, 0.6) is 0 Å². The summed E-state index contributed by atoms with van der Waals surface area (Å²) in [5.74, 6) is 0.389. The summed E-state index contributed by atoms with van der Waals surface area (Å²) in [5.41, 5.74) is 0. The second-order valence-corrected chi connectivity index (χ2v) is 5.11. The molecule has 0 aromatic carbocycles. The fraction of sp³-hybridized carbons (Fsp3) is 0.917. The predicted octanol–water partition coefficient (Wildman–Crippen LogP) is -0.585. The molecule has 1 heterocycles. The molecular weight excluding hydrogens is 218 g/mol. The van der Waals surface area contributed by atoms with Gasteiger partial charge in [0, 0.05) is 45.7 Å².